The predicted octanol–water partition coefficient (Wildman–Crippen LogP) is 5.53. The molecule has 29 heavy (non-hydrogen) atoms. The van der Waals surface area contributed by atoms with Crippen LogP contribution >= 0.6 is 22.9 Å². The van der Waals surface area contributed by atoms with Crippen LogP contribution in [0, 0.1) is 0 Å². The standard InChI is InChI=1S/C19H18ClF3N4OS/c1-2-11-5-3-4-8-26(11)18(28)13-10-17-24-12(14-6-7-16(20)29-14)9-15(19(21,22)23)27(17)25-13/h6-7,9-11H,2-5,8H2,1H3. The molecule has 0 aromatic carbocycles. The number of hydrogen-bond acceptors (Lipinski definition) is 4. The number of nitrogens with zero attached hydrogens (tertiary/aromatic N) is 4. The normalized spacial score (nSPS) is 17.8. The van der Waals surface area contributed by atoms with E-state index in [1.54, 1.807) is 17.0 Å². The van der Waals surface area contributed by atoms with E-state index >= 15 is 0 Å². The van der Waals surface area contributed by atoms with Crippen molar-refractivity contribution in [3.8, 4) is 10.6 Å². The molecule has 4 rings (SSSR count). The topological polar surface area (TPSA) is 50.5 Å². The fraction of sp³-hybridized carbons (Fsp3) is 0.421. The van der Waals surface area contributed by atoms with Crippen molar-refractivity contribution < 1.29 is 18.0 Å². The molecule has 1 amide bonds. The van der Waals surface area contributed by atoms with E-state index in [0.29, 0.717) is 20.3 Å². The SMILES string of the molecule is CCC1CCCCN1C(=O)c1cc2nc(-c3ccc(Cl)s3)cc(C(F)(F)F)n2n1. The summed E-state index contributed by atoms with van der Waals surface area (Å²) in [4.78, 5) is 19.5. The van der Waals surface area contributed by atoms with Crippen molar-refractivity contribution >= 4 is 34.5 Å². The van der Waals surface area contributed by atoms with Crippen molar-refractivity contribution in [2.75, 3.05) is 6.54 Å². The molecule has 154 valence electrons. The summed E-state index contributed by atoms with van der Waals surface area (Å²) in [7, 11) is 0. The highest BCUT2D eigenvalue weighted by Gasteiger charge is 2.36. The lowest BCUT2D eigenvalue weighted by atomic mass is 9.99. The monoisotopic (exact) mass is 442 g/mol. The number of halogens is 4. The van der Waals surface area contributed by atoms with Crippen LogP contribution in [0.3, 0.4) is 0 Å². The van der Waals surface area contributed by atoms with E-state index in [0.717, 1.165) is 43.1 Å². The second kappa shape index (κ2) is 7.60. The largest absolute Gasteiger partial charge is 0.433 e. The molecule has 0 N–H and O–H groups in total. The first-order chi connectivity index (χ1) is 13.8. The van der Waals surface area contributed by atoms with Crippen LogP contribution in [0.5, 0.6) is 0 Å². The van der Waals surface area contributed by atoms with E-state index in [4.69, 9.17) is 11.6 Å². The average molecular weight is 443 g/mol. The van der Waals surface area contributed by atoms with Crippen LogP contribution in [0.15, 0.2) is 24.3 Å². The van der Waals surface area contributed by atoms with Gasteiger partial charge in [-0.05, 0) is 43.9 Å². The van der Waals surface area contributed by atoms with Crippen LogP contribution in [-0.2, 0) is 6.18 Å². The molecule has 1 atom stereocenters. The highest BCUT2D eigenvalue weighted by molar-refractivity contribution is 7.19. The van der Waals surface area contributed by atoms with Gasteiger partial charge < -0.3 is 4.90 Å². The van der Waals surface area contributed by atoms with Crippen molar-refractivity contribution in [1.82, 2.24) is 19.5 Å². The van der Waals surface area contributed by atoms with Gasteiger partial charge in [-0.15, -0.1) is 11.3 Å². The lowest BCUT2D eigenvalue weighted by molar-refractivity contribution is -0.142. The number of piperidine rings is 1. The Kier molecular flexibility index (Phi) is 5.29. The van der Waals surface area contributed by atoms with Crippen LogP contribution < -0.4 is 0 Å². The third kappa shape index (κ3) is 3.85. The van der Waals surface area contributed by atoms with Crippen LogP contribution in [-0.4, -0.2) is 38.0 Å². The van der Waals surface area contributed by atoms with Gasteiger partial charge in [0.25, 0.3) is 5.91 Å². The Bertz CT molecular complexity index is 1060. The molecule has 0 bridgehead atoms. The quantitative estimate of drug-likeness (QED) is 0.535. The molecule has 1 fully saturated rings. The first-order valence-corrected chi connectivity index (χ1v) is 10.5. The number of thiophene rings is 1. The van der Waals surface area contributed by atoms with Crippen LogP contribution in [0.4, 0.5) is 13.2 Å². The van der Waals surface area contributed by atoms with Gasteiger partial charge in [0, 0.05) is 18.7 Å². The number of alkyl halides is 3. The Balaban J connectivity index is 1.81. The molecule has 5 nitrogen and oxygen atoms in total. The Morgan fingerprint density at radius 2 is 2.10 bits per heavy atom. The number of fused-ring (bicyclic) bond motifs is 1. The van der Waals surface area contributed by atoms with E-state index in [2.05, 4.69) is 10.1 Å². The fourth-order valence-electron chi connectivity index (χ4n) is 3.70. The molecule has 3 aromatic heterocycles. The lowest BCUT2D eigenvalue weighted by Crippen LogP contribution is -2.43. The van der Waals surface area contributed by atoms with Crippen LogP contribution in [0.25, 0.3) is 16.2 Å². The van der Waals surface area contributed by atoms with Gasteiger partial charge in [0.1, 0.15) is 0 Å². The summed E-state index contributed by atoms with van der Waals surface area (Å²) in [6, 6.07) is 5.57. The van der Waals surface area contributed by atoms with Crippen molar-refractivity contribution in [1.29, 1.82) is 0 Å². The second-order valence-electron chi connectivity index (χ2n) is 6.98. The lowest BCUT2D eigenvalue weighted by Gasteiger charge is -2.34. The molecule has 1 aliphatic rings. The number of amides is 1. The molecule has 0 radical (unpaired) electrons. The first kappa shape index (κ1) is 20.2. The van der Waals surface area contributed by atoms with E-state index in [-0.39, 0.29) is 29.0 Å². The van der Waals surface area contributed by atoms with E-state index < -0.39 is 11.9 Å². The van der Waals surface area contributed by atoms with Crippen LogP contribution in [0.2, 0.25) is 4.34 Å². The molecule has 1 saturated heterocycles. The Morgan fingerprint density at radius 3 is 2.76 bits per heavy atom. The van der Waals surface area contributed by atoms with Gasteiger partial charge in [-0.3, -0.25) is 4.79 Å². The highest BCUT2D eigenvalue weighted by atomic mass is 35.5. The zero-order valence-electron chi connectivity index (χ0n) is 15.5. The molecule has 3 aromatic rings. The van der Waals surface area contributed by atoms with E-state index in [1.165, 1.54) is 6.07 Å². The third-order valence-corrected chi connectivity index (χ3v) is 6.38. The van der Waals surface area contributed by atoms with Crippen molar-refractivity contribution in [2.24, 2.45) is 0 Å². The van der Waals surface area contributed by atoms with Crippen molar-refractivity contribution in [3.05, 3.63) is 40.0 Å². The van der Waals surface area contributed by atoms with Gasteiger partial charge in [-0.2, -0.15) is 18.3 Å². The first-order valence-electron chi connectivity index (χ1n) is 9.32. The maximum absolute atomic E-state index is 13.7. The van der Waals surface area contributed by atoms with Crippen LogP contribution in [0.1, 0.15) is 48.8 Å². The minimum absolute atomic E-state index is 0.0206. The maximum Gasteiger partial charge on any atom is 0.433 e. The zero-order chi connectivity index (χ0) is 20.8. The number of aromatic nitrogens is 3. The van der Waals surface area contributed by atoms with E-state index in [1.807, 2.05) is 6.92 Å². The van der Waals surface area contributed by atoms with Crippen molar-refractivity contribution in [2.45, 2.75) is 44.8 Å². The van der Waals surface area contributed by atoms with Crippen molar-refractivity contribution in [3.63, 3.8) is 0 Å². The van der Waals surface area contributed by atoms with Gasteiger partial charge in [0.05, 0.1) is 14.9 Å². The number of carbonyl (C=O) groups is 1. The summed E-state index contributed by atoms with van der Waals surface area (Å²) in [6.45, 7) is 2.59. The van der Waals surface area contributed by atoms with E-state index in [9.17, 15) is 18.0 Å². The molecular formula is C19H18ClF3N4OS. The number of likely N-dealkylation sites (tertiary alicyclic amines) is 1. The Morgan fingerprint density at radius 1 is 1.31 bits per heavy atom. The summed E-state index contributed by atoms with van der Waals surface area (Å²) in [6.07, 6.45) is -1.04. The minimum atomic E-state index is -4.65. The molecule has 1 aliphatic heterocycles. The second-order valence-corrected chi connectivity index (χ2v) is 8.70. The number of carbonyl (C=O) groups excluding carboxylic acids is 1. The number of hydrogen-bond donors (Lipinski definition) is 0. The Hall–Kier alpha value is -2.13. The Labute approximate surface area is 174 Å². The molecule has 1 unspecified atom stereocenters. The molecular weight excluding hydrogens is 425 g/mol. The smallest absolute Gasteiger partial charge is 0.334 e. The zero-order valence-corrected chi connectivity index (χ0v) is 17.1. The summed E-state index contributed by atoms with van der Waals surface area (Å²) >= 11 is 7.06. The molecule has 0 aliphatic carbocycles. The molecule has 4 heterocycles. The third-order valence-electron chi connectivity index (χ3n) is 5.12. The summed E-state index contributed by atoms with van der Waals surface area (Å²) in [5.41, 5.74) is -0.880. The fourth-order valence-corrected chi connectivity index (χ4v) is 4.70. The summed E-state index contributed by atoms with van der Waals surface area (Å²) < 4.78 is 42.2. The molecule has 0 spiro atoms. The molecule has 0 saturated carbocycles. The van der Waals surface area contributed by atoms with Gasteiger partial charge in [-0.25, -0.2) is 9.50 Å². The van der Waals surface area contributed by atoms with Gasteiger partial charge in [0.15, 0.2) is 17.0 Å². The predicted molar refractivity (Wildman–Crippen MR) is 105 cm³/mol. The summed E-state index contributed by atoms with van der Waals surface area (Å²) in [5.74, 6) is -0.351. The highest BCUT2D eigenvalue weighted by Crippen LogP contribution is 2.35. The number of rotatable bonds is 3. The minimum Gasteiger partial charge on any atom is -0.334 e. The van der Waals surface area contributed by atoms with Gasteiger partial charge in [0.2, 0.25) is 0 Å². The van der Waals surface area contributed by atoms with Gasteiger partial charge >= 0.3 is 6.18 Å². The average Bonchev–Trinajstić information content (AvgIpc) is 3.31. The van der Waals surface area contributed by atoms with Gasteiger partial charge in [-0.1, -0.05) is 18.5 Å². The molecule has 10 heteroatoms. The maximum atomic E-state index is 13.7. The summed E-state index contributed by atoms with van der Waals surface area (Å²) in [5, 5.41) is 3.98.